The van der Waals surface area contributed by atoms with Crippen molar-refractivity contribution in [2.45, 2.75) is 83.0 Å². The fraction of sp³-hybridized carbons (Fsp3) is 0.577. The fourth-order valence-corrected chi connectivity index (χ4v) is 4.91. The van der Waals surface area contributed by atoms with Crippen LogP contribution >= 0.6 is 0 Å². The van der Waals surface area contributed by atoms with Crippen LogP contribution in [0.3, 0.4) is 0 Å². The van der Waals surface area contributed by atoms with Crippen molar-refractivity contribution in [3.63, 3.8) is 0 Å². The third-order valence-corrected chi connectivity index (χ3v) is 8.16. The summed E-state index contributed by atoms with van der Waals surface area (Å²) in [7, 11) is -0.952. The van der Waals surface area contributed by atoms with Crippen LogP contribution in [0, 0.1) is 0 Å². The van der Waals surface area contributed by atoms with Crippen molar-refractivity contribution in [1.29, 1.82) is 0 Å². The second-order valence-electron chi connectivity index (χ2n) is 11.7. The number of aromatic nitrogens is 2. The largest absolute Gasteiger partial charge is 0.498 e. The molecule has 0 N–H and O–H groups in total. The molecule has 0 bridgehead atoms. The minimum Gasteiger partial charge on any atom is -0.439 e. The number of anilines is 1. The summed E-state index contributed by atoms with van der Waals surface area (Å²) < 4.78 is 112. The van der Waals surface area contributed by atoms with Crippen LogP contribution in [0.15, 0.2) is 24.4 Å². The summed E-state index contributed by atoms with van der Waals surface area (Å²) >= 11 is 0. The molecule has 4 heterocycles. The van der Waals surface area contributed by atoms with E-state index in [-0.39, 0.29) is 37.3 Å². The van der Waals surface area contributed by atoms with Crippen LogP contribution in [0.5, 0.6) is 0 Å². The van der Waals surface area contributed by atoms with Crippen molar-refractivity contribution in [3.05, 3.63) is 46.8 Å². The van der Waals surface area contributed by atoms with Gasteiger partial charge in [-0.05, 0) is 58.4 Å². The highest BCUT2D eigenvalue weighted by molar-refractivity contribution is 6.62. The molecule has 3 aliphatic rings. The first-order valence-electron chi connectivity index (χ1n) is 13.1. The monoisotopic (exact) mass is 604 g/mol. The average Bonchev–Trinajstić information content (AvgIpc) is 3.25. The van der Waals surface area contributed by atoms with E-state index in [2.05, 4.69) is 9.97 Å². The van der Waals surface area contributed by atoms with Crippen LogP contribution in [-0.4, -0.2) is 64.6 Å². The third-order valence-electron chi connectivity index (χ3n) is 8.16. The Morgan fingerprint density at radius 3 is 2.02 bits per heavy atom. The smallest absolute Gasteiger partial charge is 0.439 e. The molecule has 0 saturated carbocycles. The highest BCUT2D eigenvalue weighted by Crippen LogP contribution is 2.41. The molecule has 8 nitrogen and oxygen atoms in total. The molecule has 228 valence electrons. The van der Waals surface area contributed by atoms with Crippen LogP contribution in [0.2, 0.25) is 0 Å². The van der Waals surface area contributed by atoms with Crippen LogP contribution < -0.4 is 10.4 Å². The molecular formula is C26H28BF7N4O4. The van der Waals surface area contributed by atoms with Crippen molar-refractivity contribution in [3.8, 4) is 0 Å². The van der Waals surface area contributed by atoms with E-state index >= 15 is 0 Å². The fourth-order valence-electron chi connectivity index (χ4n) is 4.91. The van der Waals surface area contributed by atoms with Crippen molar-refractivity contribution in [1.82, 2.24) is 14.9 Å². The summed E-state index contributed by atoms with van der Waals surface area (Å²) in [6.45, 7) is 8.64. The van der Waals surface area contributed by atoms with Crippen molar-refractivity contribution in [2.24, 2.45) is 0 Å². The highest BCUT2D eigenvalue weighted by Gasteiger charge is 2.53. The molecule has 3 aliphatic heterocycles. The average molecular weight is 604 g/mol. The number of hydrogen-bond donors (Lipinski definition) is 0. The zero-order chi connectivity index (χ0) is 31.0. The first-order chi connectivity index (χ1) is 19.3. The first-order valence-corrected chi connectivity index (χ1v) is 13.1. The molecule has 3 fully saturated rings. The number of nitrogens with zero attached hydrogens (tertiary/aromatic N) is 4. The van der Waals surface area contributed by atoms with Gasteiger partial charge >= 0.3 is 25.6 Å². The lowest BCUT2D eigenvalue weighted by molar-refractivity contribution is -0.143. The van der Waals surface area contributed by atoms with Gasteiger partial charge in [-0.3, -0.25) is 4.90 Å². The molecule has 0 radical (unpaired) electrons. The summed E-state index contributed by atoms with van der Waals surface area (Å²) in [5.74, 6) is 0.184. The third kappa shape index (κ3) is 5.50. The van der Waals surface area contributed by atoms with Crippen LogP contribution in [0.4, 0.5) is 41.5 Å². The Morgan fingerprint density at radius 1 is 0.976 bits per heavy atom. The van der Waals surface area contributed by atoms with E-state index < -0.39 is 71.8 Å². The van der Waals surface area contributed by atoms with E-state index in [1.165, 1.54) is 13.1 Å². The number of ether oxygens (including phenoxy) is 1. The summed E-state index contributed by atoms with van der Waals surface area (Å²) in [5, 5.41) is 0. The lowest BCUT2D eigenvalue weighted by Crippen LogP contribution is -2.50. The van der Waals surface area contributed by atoms with Crippen LogP contribution in [0.25, 0.3) is 0 Å². The van der Waals surface area contributed by atoms with Gasteiger partial charge in [0.25, 0.3) is 0 Å². The second kappa shape index (κ2) is 9.96. The molecule has 0 aliphatic carbocycles. The van der Waals surface area contributed by atoms with Gasteiger partial charge in [-0.2, -0.15) is 26.3 Å². The minimum absolute atomic E-state index is 0.0136. The molecule has 2 atom stereocenters. The molecule has 1 amide bonds. The highest BCUT2D eigenvalue weighted by atomic mass is 19.4. The number of carbonyl (C=O) groups excluding carboxylic acids is 1. The molecule has 5 rings (SSSR count). The molecule has 2 unspecified atom stereocenters. The Hall–Kier alpha value is -3.14. The van der Waals surface area contributed by atoms with E-state index in [9.17, 15) is 35.5 Å². The molecular weight excluding hydrogens is 576 g/mol. The Bertz CT molecular complexity index is 1330. The SMILES string of the molecule is CC1C(c2cc(C(F)(F)F)cc(C(F)(F)F)c2)OC(=O)N1Cc1nc(N2CC(F)C2)ncc1B1OC(C)(C)C(C)(C)O1. The number of cyclic esters (lactones) is 1. The van der Waals surface area contributed by atoms with Gasteiger partial charge in [-0.15, -0.1) is 0 Å². The van der Waals surface area contributed by atoms with Gasteiger partial charge in [0, 0.05) is 11.7 Å². The second-order valence-corrected chi connectivity index (χ2v) is 11.7. The number of amides is 1. The van der Waals surface area contributed by atoms with Gasteiger partial charge in [0.2, 0.25) is 5.95 Å². The maximum Gasteiger partial charge on any atom is 0.498 e. The van der Waals surface area contributed by atoms with E-state index in [0.717, 1.165) is 4.90 Å². The summed E-state index contributed by atoms with van der Waals surface area (Å²) in [6, 6.07) is 0.108. The number of alkyl halides is 7. The zero-order valence-electron chi connectivity index (χ0n) is 23.3. The summed E-state index contributed by atoms with van der Waals surface area (Å²) in [6.07, 6.45) is -12.1. The van der Waals surface area contributed by atoms with Gasteiger partial charge < -0.3 is 18.9 Å². The molecule has 42 heavy (non-hydrogen) atoms. The van der Waals surface area contributed by atoms with Crippen LogP contribution in [0.1, 0.15) is 63.1 Å². The van der Waals surface area contributed by atoms with Gasteiger partial charge in [-0.25, -0.2) is 19.2 Å². The van der Waals surface area contributed by atoms with Crippen molar-refractivity contribution in [2.75, 3.05) is 18.0 Å². The number of halogens is 7. The normalized spacial score (nSPS) is 24.3. The Morgan fingerprint density at radius 2 is 1.52 bits per heavy atom. The van der Waals surface area contributed by atoms with Gasteiger partial charge in [-0.1, -0.05) is 0 Å². The van der Waals surface area contributed by atoms with Gasteiger partial charge in [0.1, 0.15) is 12.3 Å². The van der Waals surface area contributed by atoms with E-state index in [1.54, 1.807) is 4.90 Å². The number of carbonyl (C=O) groups is 1. The number of benzene rings is 1. The van der Waals surface area contributed by atoms with Crippen LogP contribution in [-0.2, 0) is 32.9 Å². The summed E-state index contributed by atoms with van der Waals surface area (Å²) in [5.41, 5.74) is -4.36. The molecule has 1 aromatic carbocycles. The van der Waals surface area contributed by atoms with E-state index in [1.807, 2.05) is 27.7 Å². The lowest BCUT2D eigenvalue weighted by Gasteiger charge is -2.34. The number of hydrogen-bond acceptors (Lipinski definition) is 7. The van der Waals surface area contributed by atoms with Gasteiger partial charge in [0.05, 0.1) is 53.7 Å². The summed E-state index contributed by atoms with van der Waals surface area (Å²) in [4.78, 5) is 24.6. The lowest BCUT2D eigenvalue weighted by atomic mass is 9.78. The molecule has 16 heteroatoms. The standard InChI is InChI=1S/C26H28BF7N4O4/c1-13-20(14-6-15(25(29,30)31)8-16(7-14)26(32,33)34)40-22(39)38(13)12-19-18(27-41-23(2,3)24(4,5)42-27)9-35-21(36-19)37-10-17(28)11-37/h6-9,13,17,20H,10-12H2,1-5H3. The topological polar surface area (TPSA) is 77.0 Å². The predicted octanol–water partition coefficient (Wildman–Crippen LogP) is 5.05. The van der Waals surface area contributed by atoms with E-state index in [4.69, 9.17) is 14.0 Å². The Kier molecular flexibility index (Phi) is 7.19. The van der Waals surface area contributed by atoms with Crippen molar-refractivity contribution < 1.29 is 49.6 Å². The minimum atomic E-state index is -5.06. The molecule has 2 aromatic rings. The first kappa shape index (κ1) is 30.3. The molecule has 0 spiro atoms. The number of rotatable bonds is 5. The molecule has 1 aromatic heterocycles. The maximum absolute atomic E-state index is 13.5. The van der Waals surface area contributed by atoms with Gasteiger partial charge in [0.15, 0.2) is 0 Å². The maximum atomic E-state index is 13.5. The Balaban J connectivity index is 1.48. The quantitative estimate of drug-likeness (QED) is 0.349. The van der Waals surface area contributed by atoms with E-state index in [0.29, 0.717) is 17.6 Å². The zero-order valence-corrected chi connectivity index (χ0v) is 23.3. The Labute approximate surface area is 237 Å². The van der Waals surface area contributed by atoms with Crippen molar-refractivity contribution >= 4 is 24.6 Å². The molecule has 3 saturated heterocycles. The predicted molar refractivity (Wildman–Crippen MR) is 136 cm³/mol.